The minimum atomic E-state index is -1.42. The van der Waals surface area contributed by atoms with Gasteiger partial charge in [0.05, 0.1) is 0 Å². The molecule has 21 heavy (non-hydrogen) atoms. The van der Waals surface area contributed by atoms with Gasteiger partial charge in [-0.05, 0) is 51.0 Å². The van der Waals surface area contributed by atoms with Crippen molar-refractivity contribution in [3.63, 3.8) is 0 Å². The van der Waals surface area contributed by atoms with E-state index in [1.807, 2.05) is 12.1 Å². The molecular formula is C18H19BO2. The van der Waals surface area contributed by atoms with Gasteiger partial charge >= 0.3 is 7.12 Å². The van der Waals surface area contributed by atoms with Crippen molar-refractivity contribution in [1.29, 1.82) is 0 Å². The Morgan fingerprint density at radius 2 is 1.29 bits per heavy atom. The van der Waals surface area contributed by atoms with Crippen molar-refractivity contribution in [2.45, 2.75) is 26.7 Å². The van der Waals surface area contributed by atoms with Gasteiger partial charge in [-0.1, -0.05) is 56.3 Å². The number of hydrogen-bond donors (Lipinski definition) is 2. The first-order valence-corrected chi connectivity index (χ1v) is 7.49. The topological polar surface area (TPSA) is 40.5 Å². The summed E-state index contributed by atoms with van der Waals surface area (Å²) in [7, 11) is -1.42. The maximum absolute atomic E-state index is 9.44. The zero-order chi connectivity index (χ0) is 15.0. The molecule has 3 aromatic rings. The van der Waals surface area contributed by atoms with Crippen molar-refractivity contribution in [2.24, 2.45) is 0 Å². The Labute approximate surface area is 125 Å². The zero-order valence-corrected chi connectivity index (χ0v) is 12.4. The number of benzene rings is 3. The van der Waals surface area contributed by atoms with Crippen LogP contribution in [0.3, 0.4) is 0 Å². The zero-order valence-electron chi connectivity index (χ0n) is 12.4. The Bertz CT molecular complexity index is 809. The average Bonchev–Trinajstić information content (AvgIpc) is 2.51. The lowest BCUT2D eigenvalue weighted by molar-refractivity contribution is 0.426. The van der Waals surface area contributed by atoms with Crippen molar-refractivity contribution in [1.82, 2.24) is 0 Å². The van der Waals surface area contributed by atoms with Crippen LogP contribution >= 0.6 is 0 Å². The molecule has 3 aromatic carbocycles. The molecule has 0 amide bonds. The molecule has 0 saturated carbocycles. The highest BCUT2D eigenvalue weighted by atomic mass is 16.4. The monoisotopic (exact) mass is 278 g/mol. The summed E-state index contributed by atoms with van der Waals surface area (Å²) in [4.78, 5) is 0. The number of fused-ring (bicyclic) bond motifs is 2. The second-order valence-electron chi connectivity index (χ2n) is 5.39. The lowest BCUT2D eigenvalue weighted by Crippen LogP contribution is -2.29. The van der Waals surface area contributed by atoms with Crippen LogP contribution in [-0.2, 0) is 12.8 Å². The van der Waals surface area contributed by atoms with E-state index < -0.39 is 7.12 Å². The van der Waals surface area contributed by atoms with E-state index in [1.165, 1.54) is 27.3 Å². The van der Waals surface area contributed by atoms with Gasteiger partial charge in [-0.25, -0.2) is 0 Å². The summed E-state index contributed by atoms with van der Waals surface area (Å²) in [6, 6.07) is 14.2. The summed E-state index contributed by atoms with van der Waals surface area (Å²) >= 11 is 0. The van der Waals surface area contributed by atoms with E-state index in [0.717, 1.165) is 18.2 Å². The van der Waals surface area contributed by atoms with Crippen LogP contribution < -0.4 is 5.46 Å². The highest BCUT2D eigenvalue weighted by Crippen LogP contribution is 2.33. The van der Waals surface area contributed by atoms with Gasteiger partial charge in [0.2, 0.25) is 0 Å². The predicted molar refractivity (Wildman–Crippen MR) is 90.0 cm³/mol. The molecule has 0 aliphatic heterocycles. The first kappa shape index (κ1) is 14.1. The van der Waals surface area contributed by atoms with Crippen LogP contribution in [0, 0.1) is 0 Å². The third-order valence-corrected chi connectivity index (χ3v) is 4.28. The van der Waals surface area contributed by atoms with Crippen LogP contribution in [0.15, 0.2) is 42.5 Å². The van der Waals surface area contributed by atoms with Crippen LogP contribution in [-0.4, -0.2) is 17.2 Å². The van der Waals surface area contributed by atoms with Gasteiger partial charge in [0.1, 0.15) is 0 Å². The fraction of sp³-hybridized carbons (Fsp3) is 0.222. The van der Waals surface area contributed by atoms with Crippen molar-refractivity contribution in [3.8, 4) is 0 Å². The van der Waals surface area contributed by atoms with Gasteiger partial charge in [0.15, 0.2) is 0 Å². The fourth-order valence-electron chi connectivity index (χ4n) is 3.30. The van der Waals surface area contributed by atoms with Crippen molar-refractivity contribution < 1.29 is 10.0 Å². The summed E-state index contributed by atoms with van der Waals surface area (Å²) in [5.41, 5.74) is 3.16. The molecule has 0 saturated heterocycles. The maximum atomic E-state index is 9.44. The normalized spacial score (nSPS) is 11.2. The molecule has 2 N–H and O–H groups in total. The summed E-state index contributed by atoms with van der Waals surface area (Å²) in [5.74, 6) is 0. The first-order chi connectivity index (χ1) is 10.2. The van der Waals surface area contributed by atoms with Gasteiger partial charge in [-0.2, -0.15) is 0 Å². The smallest absolute Gasteiger partial charge is 0.423 e. The molecule has 0 bridgehead atoms. The second-order valence-corrected chi connectivity index (χ2v) is 5.39. The average molecular weight is 278 g/mol. The predicted octanol–water partition coefficient (Wildman–Crippen LogP) is 2.80. The summed E-state index contributed by atoms with van der Waals surface area (Å²) in [5, 5.41) is 23.8. The first-order valence-electron chi connectivity index (χ1n) is 7.49. The molecule has 0 radical (unpaired) electrons. The van der Waals surface area contributed by atoms with Crippen LogP contribution in [0.4, 0.5) is 0 Å². The van der Waals surface area contributed by atoms with Crippen LogP contribution in [0.5, 0.6) is 0 Å². The van der Waals surface area contributed by atoms with Crippen molar-refractivity contribution >= 4 is 34.1 Å². The van der Waals surface area contributed by atoms with Crippen molar-refractivity contribution in [3.05, 3.63) is 53.6 Å². The summed E-state index contributed by atoms with van der Waals surface area (Å²) in [6.07, 6.45) is 1.88. The Balaban J connectivity index is 2.51. The Hall–Kier alpha value is -1.84. The molecule has 0 unspecified atom stereocenters. The third-order valence-electron chi connectivity index (χ3n) is 4.28. The quantitative estimate of drug-likeness (QED) is 0.571. The Kier molecular flexibility index (Phi) is 3.70. The molecular weight excluding hydrogens is 259 g/mol. The molecule has 0 spiro atoms. The molecule has 3 heteroatoms. The van der Waals surface area contributed by atoms with Crippen LogP contribution in [0.2, 0.25) is 0 Å². The van der Waals surface area contributed by atoms with E-state index in [2.05, 4.69) is 38.1 Å². The molecule has 3 rings (SSSR count). The van der Waals surface area contributed by atoms with Gasteiger partial charge in [0.25, 0.3) is 0 Å². The molecule has 0 atom stereocenters. The van der Waals surface area contributed by atoms with E-state index in [1.54, 1.807) is 6.07 Å². The lowest BCUT2D eigenvalue weighted by Gasteiger charge is -2.16. The highest BCUT2D eigenvalue weighted by Gasteiger charge is 2.16. The molecule has 0 aliphatic rings. The maximum Gasteiger partial charge on any atom is 0.488 e. The third kappa shape index (κ3) is 2.23. The SMILES string of the molecule is CCc1c2ccccc2c(CC)c2cc(B(O)O)ccc12. The van der Waals surface area contributed by atoms with E-state index in [-0.39, 0.29) is 0 Å². The van der Waals surface area contributed by atoms with Crippen LogP contribution in [0.25, 0.3) is 21.5 Å². The Morgan fingerprint density at radius 1 is 0.762 bits per heavy atom. The van der Waals surface area contributed by atoms with Crippen molar-refractivity contribution in [2.75, 3.05) is 0 Å². The summed E-state index contributed by atoms with van der Waals surface area (Å²) in [6.45, 7) is 4.32. The molecule has 0 fully saturated rings. The van der Waals surface area contributed by atoms with E-state index >= 15 is 0 Å². The lowest BCUT2D eigenvalue weighted by atomic mass is 9.77. The Morgan fingerprint density at radius 3 is 1.81 bits per heavy atom. The van der Waals surface area contributed by atoms with Gasteiger partial charge in [0, 0.05) is 0 Å². The standard InChI is InChI=1S/C18H19BO2/c1-3-13-15-7-5-6-8-16(15)14(4-2)18-11-12(19(20)21)9-10-17(13)18/h5-11,20-21H,3-4H2,1-2H3. The fourth-order valence-corrected chi connectivity index (χ4v) is 3.30. The largest absolute Gasteiger partial charge is 0.488 e. The molecule has 0 heterocycles. The molecule has 0 aromatic heterocycles. The number of aryl methyl sites for hydroxylation is 2. The summed E-state index contributed by atoms with van der Waals surface area (Å²) < 4.78 is 0. The highest BCUT2D eigenvalue weighted by molar-refractivity contribution is 6.59. The molecule has 2 nitrogen and oxygen atoms in total. The minimum Gasteiger partial charge on any atom is -0.423 e. The van der Waals surface area contributed by atoms with Gasteiger partial charge < -0.3 is 10.0 Å². The number of rotatable bonds is 3. The van der Waals surface area contributed by atoms with Gasteiger partial charge in [-0.15, -0.1) is 0 Å². The molecule has 0 aliphatic carbocycles. The minimum absolute atomic E-state index is 0.550. The van der Waals surface area contributed by atoms with E-state index in [4.69, 9.17) is 0 Å². The van der Waals surface area contributed by atoms with E-state index in [9.17, 15) is 10.0 Å². The van der Waals surface area contributed by atoms with Gasteiger partial charge in [-0.3, -0.25) is 0 Å². The molecule has 106 valence electrons. The second kappa shape index (κ2) is 5.51. The van der Waals surface area contributed by atoms with Crippen LogP contribution in [0.1, 0.15) is 25.0 Å². The van der Waals surface area contributed by atoms with E-state index in [0.29, 0.717) is 5.46 Å². The number of hydrogen-bond acceptors (Lipinski definition) is 2.